The first kappa shape index (κ1) is 15.9. The highest BCUT2D eigenvalue weighted by Crippen LogP contribution is 2.31. The fourth-order valence-electron chi connectivity index (χ4n) is 2.83. The van der Waals surface area contributed by atoms with Gasteiger partial charge < -0.3 is 27.4 Å². The summed E-state index contributed by atoms with van der Waals surface area (Å²) in [5.74, 6) is 0. The number of pyridine rings is 1. The maximum absolute atomic E-state index is 11.3. The molecule has 1 aromatic heterocycles. The van der Waals surface area contributed by atoms with Crippen LogP contribution in [0.15, 0.2) is 65.9 Å². The normalized spacial score (nSPS) is 18.9. The van der Waals surface area contributed by atoms with Crippen LogP contribution in [0.2, 0.25) is 5.02 Å². The SMILES string of the molecule is OC1(c2ccc(Cl)cc2)NC=N[n+]2ccc3ccccc3c21.[Br-]. The van der Waals surface area contributed by atoms with Crippen LogP contribution in [-0.2, 0) is 5.72 Å². The topological polar surface area (TPSA) is 48.5 Å². The smallest absolute Gasteiger partial charge is 0.279 e. The molecule has 0 amide bonds. The van der Waals surface area contributed by atoms with Gasteiger partial charge in [-0.1, -0.05) is 41.9 Å². The summed E-state index contributed by atoms with van der Waals surface area (Å²) < 4.78 is 1.69. The molecule has 1 aliphatic rings. The molecule has 0 aliphatic carbocycles. The molecule has 2 N–H and O–H groups in total. The lowest BCUT2D eigenvalue weighted by Crippen LogP contribution is -3.00. The third-order valence-electron chi connectivity index (χ3n) is 3.90. The Labute approximate surface area is 148 Å². The Balaban J connectivity index is 0.00000156. The Morgan fingerprint density at radius 3 is 2.57 bits per heavy atom. The van der Waals surface area contributed by atoms with Crippen molar-refractivity contribution in [3.8, 4) is 0 Å². The Kier molecular flexibility index (Phi) is 4.10. The number of nitrogens with one attached hydrogen (secondary N) is 1. The van der Waals surface area contributed by atoms with Crippen molar-refractivity contribution in [2.45, 2.75) is 5.72 Å². The largest absolute Gasteiger partial charge is 1.00 e. The highest BCUT2D eigenvalue weighted by atomic mass is 79.9. The van der Waals surface area contributed by atoms with Crippen LogP contribution in [0.4, 0.5) is 0 Å². The maximum Gasteiger partial charge on any atom is 0.279 e. The number of benzene rings is 2. The number of aliphatic hydroxyl groups is 1. The lowest BCUT2D eigenvalue weighted by molar-refractivity contribution is -0.693. The molecule has 23 heavy (non-hydrogen) atoms. The van der Waals surface area contributed by atoms with Crippen molar-refractivity contribution in [1.82, 2.24) is 5.32 Å². The maximum atomic E-state index is 11.3. The molecule has 2 heterocycles. The van der Waals surface area contributed by atoms with Crippen molar-refractivity contribution in [3.05, 3.63) is 77.1 Å². The molecule has 116 valence electrons. The summed E-state index contributed by atoms with van der Waals surface area (Å²) >= 11 is 5.96. The molecule has 0 radical (unpaired) electrons. The van der Waals surface area contributed by atoms with Gasteiger partial charge in [0.15, 0.2) is 6.34 Å². The second-order valence-electron chi connectivity index (χ2n) is 5.20. The fraction of sp³-hybridized carbons (Fsp3) is 0.0588. The van der Waals surface area contributed by atoms with E-state index >= 15 is 0 Å². The molecule has 2 aromatic carbocycles. The number of halogens is 2. The molecule has 0 spiro atoms. The first-order valence-corrected chi connectivity index (χ1v) is 7.29. The second kappa shape index (κ2) is 5.92. The third-order valence-corrected chi connectivity index (χ3v) is 4.15. The van der Waals surface area contributed by atoms with Gasteiger partial charge in [0.25, 0.3) is 11.4 Å². The average molecular weight is 391 g/mol. The van der Waals surface area contributed by atoms with Gasteiger partial charge in [-0.2, -0.15) is 0 Å². The van der Waals surface area contributed by atoms with Gasteiger partial charge in [0, 0.05) is 21.8 Å². The summed E-state index contributed by atoms with van der Waals surface area (Å²) in [6.45, 7) is 0. The van der Waals surface area contributed by atoms with E-state index in [4.69, 9.17) is 11.6 Å². The molecule has 1 aliphatic heterocycles. The zero-order chi connectivity index (χ0) is 15.2. The van der Waals surface area contributed by atoms with Gasteiger partial charge in [-0.15, -0.1) is 0 Å². The van der Waals surface area contributed by atoms with E-state index in [1.165, 1.54) is 6.34 Å². The number of nitrogens with zero attached hydrogens (tertiary/aromatic N) is 2. The van der Waals surface area contributed by atoms with E-state index in [1.54, 1.807) is 28.9 Å². The predicted octanol–water partition coefficient (Wildman–Crippen LogP) is -0.627. The van der Waals surface area contributed by atoms with Crippen LogP contribution in [0.5, 0.6) is 0 Å². The van der Waals surface area contributed by atoms with Crippen molar-refractivity contribution >= 4 is 28.7 Å². The summed E-state index contributed by atoms with van der Waals surface area (Å²) in [7, 11) is 0. The zero-order valence-corrected chi connectivity index (χ0v) is 14.3. The molecule has 3 aromatic rings. The first-order chi connectivity index (χ1) is 10.7. The molecular formula is C17H13BrClN3O. The molecule has 4 nitrogen and oxygen atoms in total. The van der Waals surface area contributed by atoms with Crippen molar-refractivity contribution in [2.24, 2.45) is 5.10 Å². The average Bonchev–Trinajstić information content (AvgIpc) is 2.55. The summed E-state index contributed by atoms with van der Waals surface area (Å²) in [4.78, 5) is 0. The van der Waals surface area contributed by atoms with E-state index < -0.39 is 5.72 Å². The van der Waals surface area contributed by atoms with Crippen LogP contribution < -0.4 is 27.0 Å². The van der Waals surface area contributed by atoms with Gasteiger partial charge in [-0.25, -0.2) is 0 Å². The fourth-order valence-corrected chi connectivity index (χ4v) is 2.95. The highest BCUT2D eigenvalue weighted by molar-refractivity contribution is 6.30. The minimum atomic E-state index is -1.37. The molecule has 0 fully saturated rings. The molecule has 1 atom stereocenters. The number of hydrogen-bond acceptors (Lipinski definition) is 3. The molecule has 6 heteroatoms. The van der Waals surface area contributed by atoms with Crippen molar-refractivity contribution in [2.75, 3.05) is 0 Å². The lowest BCUT2D eigenvalue weighted by Gasteiger charge is -2.28. The van der Waals surface area contributed by atoms with E-state index in [2.05, 4.69) is 10.4 Å². The van der Waals surface area contributed by atoms with E-state index in [9.17, 15) is 5.11 Å². The van der Waals surface area contributed by atoms with Gasteiger partial charge in [0.2, 0.25) is 6.20 Å². The van der Waals surface area contributed by atoms with Gasteiger partial charge in [0.05, 0.1) is 5.39 Å². The minimum Gasteiger partial charge on any atom is -1.00 e. The zero-order valence-electron chi connectivity index (χ0n) is 11.9. The summed E-state index contributed by atoms with van der Waals surface area (Å²) in [5, 5.41) is 21.2. The minimum absolute atomic E-state index is 0. The third kappa shape index (κ3) is 2.51. The Morgan fingerprint density at radius 1 is 1.04 bits per heavy atom. The molecular weight excluding hydrogens is 378 g/mol. The molecule has 0 saturated carbocycles. The molecule has 0 bridgehead atoms. The Morgan fingerprint density at radius 2 is 1.78 bits per heavy atom. The van der Waals surface area contributed by atoms with E-state index in [-0.39, 0.29) is 17.0 Å². The Hall–Kier alpha value is -1.95. The highest BCUT2D eigenvalue weighted by Gasteiger charge is 2.43. The van der Waals surface area contributed by atoms with Crippen LogP contribution >= 0.6 is 11.6 Å². The number of rotatable bonds is 1. The van der Waals surface area contributed by atoms with Crippen LogP contribution in [0.1, 0.15) is 11.3 Å². The number of aromatic nitrogens is 1. The molecule has 0 saturated heterocycles. The lowest BCUT2D eigenvalue weighted by atomic mass is 9.94. The summed E-state index contributed by atoms with van der Waals surface area (Å²) in [5.41, 5.74) is 0.0105. The standard InChI is InChI=1S/C17H13ClN3O.BrH/c18-14-7-5-13(6-8-14)17(22)16-15-4-2-1-3-12(15)9-10-21(16)20-11-19-17;/h1-11,22H,(H,19,20);1H/q+1;/p-1. The van der Waals surface area contributed by atoms with Crippen LogP contribution in [0.3, 0.4) is 0 Å². The van der Waals surface area contributed by atoms with Crippen LogP contribution in [0, 0.1) is 0 Å². The molecule has 1 unspecified atom stereocenters. The summed E-state index contributed by atoms with van der Waals surface area (Å²) in [6, 6.07) is 17.0. The quantitative estimate of drug-likeness (QED) is 0.544. The van der Waals surface area contributed by atoms with Crippen LogP contribution in [-0.4, -0.2) is 11.4 Å². The number of fused-ring (bicyclic) bond motifs is 3. The monoisotopic (exact) mass is 389 g/mol. The summed E-state index contributed by atoms with van der Waals surface area (Å²) in [6.07, 6.45) is 3.34. The predicted molar refractivity (Wildman–Crippen MR) is 85.6 cm³/mol. The van der Waals surface area contributed by atoms with E-state index in [1.807, 2.05) is 36.5 Å². The van der Waals surface area contributed by atoms with Gasteiger partial charge in [0.1, 0.15) is 0 Å². The van der Waals surface area contributed by atoms with Crippen molar-refractivity contribution < 1.29 is 26.8 Å². The van der Waals surface area contributed by atoms with Gasteiger partial charge in [-0.05, 0) is 28.3 Å². The van der Waals surface area contributed by atoms with Gasteiger partial charge in [-0.3, -0.25) is 0 Å². The van der Waals surface area contributed by atoms with Crippen LogP contribution in [0.25, 0.3) is 10.8 Å². The first-order valence-electron chi connectivity index (χ1n) is 6.91. The van der Waals surface area contributed by atoms with Crippen molar-refractivity contribution in [3.63, 3.8) is 0 Å². The molecule has 4 rings (SSSR count). The Bertz CT molecular complexity index is 898. The van der Waals surface area contributed by atoms with E-state index in [0.29, 0.717) is 16.3 Å². The second-order valence-corrected chi connectivity index (χ2v) is 5.64. The van der Waals surface area contributed by atoms with Gasteiger partial charge >= 0.3 is 0 Å². The number of hydrogen-bond donors (Lipinski definition) is 2. The van der Waals surface area contributed by atoms with E-state index in [0.717, 1.165) is 10.8 Å². The van der Waals surface area contributed by atoms with Crippen molar-refractivity contribution in [1.29, 1.82) is 0 Å².